The van der Waals surface area contributed by atoms with Crippen LogP contribution >= 0.6 is 0 Å². The van der Waals surface area contributed by atoms with Gasteiger partial charge in [0.15, 0.2) is 11.6 Å². The van der Waals surface area contributed by atoms with Crippen molar-refractivity contribution in [2.45, 2.75) is 31.4 Å². The van der Waals surface area contributed by atoms with Gasteiger partial charge in [-0.3, -0.25) is 14.8 Å². The van der Waals surface area contributed by atoms with Crippen LogP contribution in [0.2, 0.25) is 0 Å². The first-order valence-corrected chi connectivity index (χ1v) is 9.08. The van der Waals surface area contributed by atoms with Crippen molar-refractivity contribution >= 4 is 5.82 Å². The first-order valence-electron chi connectivity index (χ1n) is 9.08. The van der Waals surface area contributed by atoms with Crippen LogP contribution in [0.5, 0.6) is 0 Å². The summed E-state index contributed by atoms with van der Waals surface area (Å²) in [7, 11) is 3.61. The van der Waals surface area contributed by atoms with Crippen LogP contribution in [0.25, 0.3) is 0 Å². The number of morpholine rings is 1. The quantitative estimate of drug-likeness (QED) is 0.783. The summed E-state index contributed by atoms with van der Waals surface area (Å²) in [5, 5.41) is 7.38. The molecule has 2 aromatic heterocycles. The predicted molar refractivity (Wildman–Crippen MR) is 96.1 cm³/mol. The Balaban J connectivity index is 1.35. The molecule has 3 heterocycles. The molecule has 2 aromatic rings. The van der Waals surface area contributed by atoms with Crippen LogP contribution in [0, 0.1) is 0 Å². The highest BCUT2D eigenvalue weighted by Crippen LogP contribution is 2.37. The van der Waals surface area contributed by atoms with Crippen molar-refractivity contribution in [2.24, 2.45) is 7.05 Å². The summed E-state index contributed by atoms with van der Waals surface area (Å²) in [6.45, 7) is 3.69. The predicted octanol–water partition coefficient (Wildman–Crippen LogP) is 0.113. The maximum absolute atomic E-state index is 12.2. The molecule has 0 bridgehead atoms. The lowest BCUT2D eigenvalue weighted by Gasteiger charge is -2.34. The number of likely N-dealkylation sites (N-methyl/N-ethyl adjacent to an activating group) is 1. The van der Waals surface area contributed by atoms with Crippen molar-refractivity contribution in [1.29, 1.82) is 0 Å². The summed E-state index contributed by atoms with van der Waals surface area (Å²) < 4.78 is 7.43. The van der Waals surface area contributed by atoms with Crippen molar-refractivity contribution in [3.05, 3.63) is 34.4 Å². The number of hydrogen-bond donors (Lipinski definition) is 1. The van der Waals surface area contributed by atoms with Crippen LogP contribution in [0.15, 0.2) is 17.2 Å². The lowest BCUT2D eigenvalue weighted by atomic mass is 10.2. The van der Waals surface area contributed by atoms with Gasteiger partial charge < -0.3 is 14.2 Å². The summed E-state index contributed by atoms with van der Waals surface area (Å²) in [4.78, 5) is 25.2. The fourth-order valence-corrected chi connectivity index (χ4v) is 3.29. The number of aromatic amines is 1. The zero-order valence-corrected chi connectivity index (χ0v) is 15.3. The maximum atomic E-state index is 12.2. The third-order valence-corrected chi connectivity index (χ3v) is 4.93. The molecule has 9 heteroatoms. The van der Waals surface area contributed by atoms with Gasteiger partial charge in [-0.05, 0) is 12.8 Å². The Morgan fingerprint density at radius 1 is 1.42 bits per heavy atom. The maximum Gasteiger partial charge on any atom is 0.293 e. The van der Waals surface area contributed by atoms with Crippen LogP contribution in [0.1, 0.15) is 30.4 Å². The molecule has 2 fully saturated rings. The second-order valence-electron chi connectivity index (χ2n) is 7.19. The average molecular weight is 359 g/mol. The molecule has 1 unspecified atom stereocenters. The molecule has 1 saturated heterocycles. The smallest absolute Gasteiger partial charge is 0.293 e. The minimum Gasteiger partial charge on any atom is -0.374 e. The van der Waals surface area contributed by atoms with E-state index in [2.05, 4.69) is 25.1 Å². The Morgan fingerprint density at radius 3 is 3.08 bits per heavy atom. The Labute approximate surface area is 152 Å². The van der Waals surface area contributed by atoms with E-state index in [0.717, 1.165) is 31.3 Å². The van der Waals surface area contributed by atoms with Crippen molar-refractivity contribution in [3.63, 3.8) is 0 Å². The van der Waals surface area contributed by atoms with Gasteiger partial charge in [0.1, 0.15) is 5.82 Å². The number of nitrogens with zero attached hydrogens (tertiary/aromatic N) is 6. The summed E-state index contributed by atoms with van der Waals surface area (Å²) in [6, 6.07) is 0. The van der Waals surface area contributed by atoms with Crippen LogP contribution in [0.3, 0.4) is 0 Å². The van der Waals surface area contributed by atoms with E-state index in [9.17, 15) is 4.79 Å². The second kappa shape index (κ2) is 7.16. The van der Waals surface area contributed by atoms with Crippen LogP contribution in [-0.4, -0.2) is 69.0 Å². The first-order chi connectivity index (χ1) is 12.6. The number of ether oxygens (including phenoxy) is 1. The topological polar surface area (TPSA) is 92.2 Å². The minimum absolute atomic E-state index is 0.0197. The summed E-state index contributed by atoms with van der Waals surface area (Å²) in [5.74, 6) is 2.88. The molecule has 2 aliphatic rings. The van der Waals surface area contributed by atoms with E-state index in [1.807, 2.05) is 11.9 Å². The van der Waals surface area contributed by atoms with E-state index < -0.39 is 0 Å². The molecule has 1 saturated carbocycles. The molecule has 26 heavy (non-hydrogen) atoms. The van der Waals surface area contributed by atoms with Gasteiger partial charge in [0, 0.05) is 52.0 Å². The highest BCUT2D eigenvalue weighted by molar-refractivity contribution is 5.34. The SMILES string of the molecule is CN(CC1CN(Cc2nc(C3CC3)n[nH]2)CCO1)c1nccn(C)c1=O. The van der Waals surface area contributed by atoms with E-state index in [-0.39, 0.29) is 11.7 Å². The molecule has 9 nitrogen and oxygen atoms in total. The average Bonchev–Trinajstić information content (AvgIpc) is 3.37. The molecule has 140 valence electrons. The Morgan fingerprint density at radius 2 is 2.27 bits per heavy atom. The molecule has 1 aliphatic heterocycles. The van der Waals surface area contributed by atoms with Crippen molar-refractivity contribution < 1.29 is 4.74 Å². The Hall–Kier alpha value is -2.26. The lowest BCUT2D eigenvalue weighted by Crippen LogP contribution is -2.47. The number of nitrogens with one attached hydrogen (secondary N) is 1. The highest BCUT2D eigenvalue weighted by atomic mass is 16.5. The molecular weight excluding hydrogens is 334 g/mol. The molecule has 1 atom stereocenters. The highest BCUT2D eigenvalue weighted by Gasteiger charge is 2.28. The zero-order valence-electron chi connectivity index (χ0n) is 15.3. The number of aromatic nitrogens is 5. The lowest BCUT2D eigenvalue weighted by molar-refractivity contribution is -0.0272. The molecule has 1 N–H and O–H groups in total. The van der Waals surface area contributed by atoms with Crippen molar-refractivity contribution in [2.75, 3.05) is 38.2 Å². The van der Waals surface area contributed by atoms with Gasteiger partial charge in [-0.1, -0.05) is 0 Å². The summed E-state index contributed by atoms with van der Waals surface area (Å²) in [6.07, 6.45) is 5.73. The van der Waals surface area contributed by atoms with E-state index in [0.29, 0.717) is 24.9 Å². The standard InChI is InChI=1S/C17H25N7O2/c1-22-6-5-18-16(17(22)25)23(2)9-13-10-24(7-8-26-13)11-14-19-15(21-20-14)12-3-4-12/h5-6,12-13H,3-4,7-11H2,1-2H3,(H,19,20,21). The zero-order chi connectivity index (χ0) is 18.1. The number of H-pyrrole nitrogens is 1. The fourth-order valence-electron chi connectivity index (χ4n) is 3.29. The largest absolute Gasteiger partial charge is 0.374 e. The minimum atomic E-state index is -0.100. The summed E-state index contributed by atoms with van der Waals surface area (Å²) in [5.41, 5.74) is -0.100. The number of hydrogen-bond acceptors (Lipinski definition) is 7. The molecule has 4 rings (SSSR count). The Bertz CT molecular complexity index is 813. The van der Waals surface area contributed by atoms with Gasteiger partial charge in [0.2, 0.25) is 0 Å². The van der Waals surface area contributed by atoms with Gasteiger partial charge in [0.05, 0.1) is 19.3 Å². The monoisotopic (exact) mass is 359 g/mol. The van der Waals surface area contributed by atoms with E-state index in [1.165, 1.54) is 17.4 Å². The molecule has 0 amide bonds. The number of aryl methyl sites for hydroxylation is 1. The van der Waals surface area contributed by atoms with Gasteiger partial charge in [-0.15, -0.1) is 0 Å². The van der Waals surface area contributed by atoms with Crippen LogP contribution in [-0.2, 0) is 18.3 Å². The molecule has 0 spiro atoms. The Kier molecular flexibility index (Phi) is 4.73. The molecule has 0 aromatic carbocycles. The number of rotatable bonds is 6. The van der Waals surface area contributed by atoms with Gasteiger partial charge in [-0.25, -0.2) is 9.97 Å². The van der Waals surface area contributed by atoms with E-state index in [1.54, 1.807) is 19.4 Å². The molecular formula is C17H25N7O2. The van der Waals surface area contributed by atoms with Crippen molar-refractivity contribution in [1.82, 2.24) is 29.6 Å². The first kappa shape index (κ1) is 17.2. The van der Waals surface area contributed by atoms with Crippen LogP contribution in [0.4, 0.5) is 5.82 Å². The third-order valence-electron chi connectivity index (χ3n) is 4.93. The molecule has 1 aliphatic carbocycles. The summed E-state index contributed by atoms with van der Waals surface area (Å²) >= 11 is 0. The molecule has 0 radical (unpaired) electrons. The van der Waals surface area contributed by atoms with E-state index in [4.69, 9.17) is 4.74 Å². The van der Waals surface area contributed by atoms with E-state index >= 15 is 0 Å². The normalized spacial score (nSPS) is 21.1. The third kappa shape index (κ3) is 3.78. The second-order valence-corrected chi connectivity index (χ2v) is 7.19. The van der Waals surface area contributed by atoms with Gasteiger partial charge in [-0.2, -0.15) is 5.10 Å². The fraction of sp³-hybridized carbons (Fsp3) is 0.647. The van der Waals surface area contributed by atoms with Crippen LogP contribution < -0.4 is 10.5 Å². The van der Waals surface area contributed by atoms with Gasteiger partial charge >= 0.3 is 0 Å². The number of anilines is 1. The van der Waals surface area contributed by atoms with Crippen molar-refractivity contribution in [3.8, 4) is 0 Å². The van der Waals surface area contributed by atoms with Gasteiger partial charge in [0.25, 0.3) is 5.56 Å².